The van der Waals surface area contributed by atoms with Gasteiger partial charge in [0, 0.05) is 19.3 Å². The quantitative estimate of drug-likeness (QED) is 0.681. The number of allylic oxidation sites excluding steroid dienone is 1. The zero-order valence-corrected chi connectivity index (χ0v) is 9.52. The van der Waals surface area contributed by atoms with Crippen molar-refractivity contribution in [1.29, 1.82) is 0 Å². The van der Waals surface area contributed by atoms with Gasteiger partial charge in [0.1, 0.15) is 10.1 Å². The standard InChI is InChI=1S/C7H7NO2S3/c1-4(9)6-3-13(11)7(8-6)12-5(2)10/h3H,1-2H3. The van der Waals surface area contributed by atoms with E-state index >= 15 is 0 Å². The fourth-order valence-corrected chi connectivity index (χ4v) is 3.29. The van der Waals surface area contributed by atoms with Gasteiger partial charge >= 0.3 is 0 Å². The summed E-state index contributed by atoms with van der Waals surface area (Å²) in [6.45, 7) is 2.88. The van der Waals surface area contributed by atoms with E-state index in [1.165, 1.54) is 13.8 Å². The van der Waals surface area contributed by atoms with Crippen LogP contribution in [0.25, 0.3) is 0 Å². The van der Waals surface area contributed by atoms with Crippen molar-refractivity contribution in [3.63, 3.8) is 0 Å². The van der Waals surface area contributed by atoms with Crippen molar-refractivity contribution < 1.29 is 9.59 Å². The molecule has 0 fully saturated rings. The molecular weight excluding hydrogens is 226 g/mol. The third-order valence-electron chi connectivity index (χ3n) is 1.19. The van der Waals surface area contributed by atoms with E-state index < -0.39 is 9.45 Å². The van der Waals surface area contributed by atoms with Gasteiger partial charge in [-0.15, -0.1) is 0 Å². The summed E-state index contributed by atoms with van der Waals surface area (Å²) in [7, 11) is -0.589. The van der Waals surface area contributed by atoms with Gasteiger partial charge in [0.05, 0.1) is 0 Å². The van der Waals surface area contributed by atoms with E-state index in [2.05, 4.69) is 4.99 Å². The molecule has 0 amide bonds. The van der Waals surface area contributed by atoms with Gasteiger partial charge in [-0.3, -0.25) is 9.59 Å². The van der Waals surface area contributed by atoms with Gasteiger partial charge < -0.3 is 0 Å². The Morgan fingerprint density at radius 1 is 1.54 bits per heavy atom. The molecule has 0 radical (unpaired) electrons. The molecule has 13 heavy (non-hydrogen) atoms. The second kappa shape index (κ2) is 4.26. The minimum atomic E-state index is -0.589. The Balaban J connectivity index is 2.83. The van der Waals surface area contributed by atoms with E-state index in [1.807, 2.05) is 0 Å². The average Bonchev–Trinajstić information content (AvgIpc) is 2.31. The molecule has 70 valence electrons. The number of hydrogen-bond donors (Lipinski definition) is 0. The Labute approximate surface area is 87.3 Å². The van der Waals surface area contributed by atoms with E-state index in [4.69, 9.17) is 11.2 Å². The Morgan fingerprint density at radius 2 is 2.15 bits per heavy atom. The molecule has 0 saturated heterocycles. The van der Waals surface area contributed by atoms with Crippen LogP contribution in [0.3, 0.4) is 0 Å². The van der Waals surface area contributed by atoms with Crippen LogP contribution in [0.2, 0.25) is 0 Å². The Hall–Kier alpha value is -0.330. The number of nitrogens with zero attached hydrogens (tertiary/aromatic N) is 1. The third kappa shape index (κ3) is 2.82. The average molecular weight is 233 g/mol. The molecular formula is C7H7NO2S3. The molecule has 1 rings (SSSR count). The maximum absolute atomic E-state index is 10.9. The summed E-state index contributed by atoms with van der Waals surface area (Å²) in [5, 5.41) is 1.57. The van der Waals surface area contributed by atoms with Crippen molar-refractivity contribution in [2.45, 2.75) is 13.8 Å². The maximum atomic E-state index is 10.9. The van der Waals surface area contributed by atoms with Gasteiger partial charge in [0.15, 0.2) is 10.9 Å². The third-order valence-corrected chi connectivity index (χ3v) is 4.49. The molecule has 0 aromatic heterocycles. The van der Waals surface area contributed by atoms with E-state index in [-0.39, 0.29) is 10.9 Å². The zero-order chi connectivity index (χ0) is 10.0. The number of Topliss-reactive ketones (excluding diaryl/α,β-unsaturated/α-hetero) is 1. The summed E-state index contributed by atoms with van der Waals surface area (Å²) < 4.78 is 0.563. The van der Waals surface area contributed by atoms with Crippen molar-refractivity contribution >= 4 is 47.7 Å². The lowest BCUT2D eigenvalue weighted by atomic mass is 10.4. The molecule has 6 heteroatoms. The fraction of sp³-hybridized carbons (Fsp3) is 0.286. The Kier molecular flexibility index (Phi) is 3.52. The van der Waals surface area contributed by atoms with Crippen LogP contribution in [0.1, 0.15) is 13.8 Å². The van der Waals surface area contributed by atoms with Gasteiger partial charge in [-0.1, -0.05) is 0 Å². The van der Waals surface area contributed by atoms with E-state index in [1.54, 1.807) is 5.41 Å². The number of carbonyl (C=O) groups excluding carboxylic acids is 2. The van der Waals surface area contributed by atoms with Crippen molar-refractivity contribution in [2.75, 3.05) is 0 Å². The lowest BCUT2D eigenvalue weighted by Gasteiger charge is -1.93. The van der Waals surface area contributed by atoms with Gasteiger partial charge in [-0.2, -0.15) is 0 Å². The molecule has 1 aliphatic rings. The summed E-state index contributed by atoms with van der Waals surface area (Å²) in [6, 6.07) is 0. The second-order valence-electron chi connectivity index (χ2n) is 2.33. The van der Waals surface area contributed by atoms with Crippen molar-refractivity contribution in [2.24, 2.45) is 4.99 Å². The van der Waals surface area contributed by atoms with Crippen LogP contribution in [0.5, 0.6) is 0 Å². The lowest BCUT2D eigenvalue weighted by Crippen LogP contribution is -1.97. The summed E-state index contributed by atoms with van der Waals surface area (Å²) >= 11 is 6.04. The number of thioether (sulfide) groups is 1. The largest absolute Gasteiger partial charge is 0.293 e. The first-order valence-corrected chi connectivity index (χ1v) is 6.44. The molecule has 0 bridgehead atoms. The molecule has 1 atom stereocenters. The van der Waals surface area contributed by atoms with Crippen LogP contribution in [0.4, 0.5) is 0 Å². The highest BCUT2D eigenvalue weighted by Crippen LogP contribution is 2.20. The Bertz CT molecular complexity index is 357. The molecule has 0 spiro atoms. The minimum Gasteiger partial charge on any atom is -0.293 e. The molecule has 3 nitrogen and oxygen atoms in total. The van der Waals surface area contributed by atoms with Crippen molar-refractivity contribution in [3.05, 3.63) is 11.1 Å². The molecule has 0 saturated carbocycles. The van der Waals surface area contributed by atoms with Crippen LogP contribution in [0.15, 0.2) is 16.1 Å². The van der Waals surface area contributed by atoms with Crippen LogP contribution in [0, 0.1) is 0 Å². The number of aliphatic imine (C=N–C) groups is 1. The Morgan fingerprint density at radius 3 is 2.54 bits per heavy atom. The normalized spacial score (nSPS) is 20.9. The molecule has 0 aromatic rings. The number of carbonyl (C=O) groups is 2. The summed E-state index contributed by atoms with van der Waals surface area (Å²) in [6.07, 6.45) is 0. The fourth-order valence-electron chi connectivity index (χ4n) is 0.670. The SMILES string of the molecule is CC(=O)SC1=NC(C(C)=O)=CS1=S. The minimum absolute atomic E-state index is 0.0562. The summed E-state index contributed by atoms with van der Waals surface area (Å²) in [4.78, 5) is 25.7. The first-order valence-electron chi connectivity index (χ1n) is 3.41. The van der Waals surface area contributed by atoms with E-state index in [0.717, 1.165) is 11.8 Å². The monoisotopic (exact) mass is 233 g/mol. The highest BCUT2D eigenvalue weighted by Gasteiger charge is 2.17. The number of hydrogen-bond acceptors (Lipinski definition) is 5. The topological polar surface area (TPSA) is 46.5 Å². The highest BCUT2D eigenvalue weighted by atomic mass is 32.8. The van der Waals surface area contributed by atoms with E-state index in [0.29, 0.717) is 10.1 Å². The molecule has 0 aromatic carbocycles. The van der Waals surface area contributed by atoms with Crippen molar-refractivity contribution in [3.8, 4) is 0 Å². The molecule has 1 heterocycles. The van der Waals surface area contributed by atoms with Crippen LogP contribution in [-0.2, 0) is 30.2 Å². The van der Waals surface area contributed by atoms with Gasteiger partial charge in [0.2, 0.25) is 0 Å². The van der Waals surface area contributed by atoms with Crippen LogP contribution in [-0.4, -0.2) is 15.3 Å². The predicted molar refractivity (Wildman–Crippen MR) is 59.2 cm³/mol. The van der Waals surface area contributed by atoms with Gasteiger partial charge in [0.25, 0.3) is 0 Å². The number of ketones is 1. The number of rotatable bonds is 1. The smallest absolute Gasteiger partial charge is 0.192 e. The molecule has 0 N–H and O–H groups in total. The van der Waals surface area contributed by atoms with Crippen LogP contribution < -0.4 is 0 Å². The maximum Gasteiger partial charge on any atom is 0.192 e. The van der Waals surface area contributed by atoms with Crippen molar-refractivity contribution in [1.82, 2.24) is 0 Å². The predicted octanol–water partition coefficient (Wildman–Crippen LogP) is 1.15. The van der Waals surface area contributed by atoms with Gasteiger partial charge in [-0.05, 0) is 32.4 Å². The second-order valence-corrected chi connectivity index (χ2v) is 6.05. The highest BCUT2D eigenvalue weighted by molar-refractivity contribution is 8.54. The summed E-state index contributed by atoms with van der Waals surface area (Å²) in [5.41, 5.74) is 0.377. The van der Waals surface area contributed by atoms with E-state index in [9.17, 15) is 9.59 Å². The molecule has 1 aliphatic heterocycles. The lowest BCUT2D eigenvalue weighted by molar-refractivity contribution is -0.113. The first kappa shape index (κ1) is 10.7. The molecule has 1 unspecified atom stereocenters. The van der Waals surface area contributed by atoms with Crippen LogP contribution >= 0.6 is 11.8 Å². The molecule has 0 aliphatic carbocycles. The summed E-state index contributed by atoms with van der Waals surface area (Å²) in [5.74, 6) is -0.110. The zero-order valence-electron chi connectivity index (χ0n) is 7.07. The first-order chi connectivity index (χ1) is 6.00. The van der Waals surface area contributed by atoms with Gasteiger partial charge in [-0.25, -0.2) is 4.99 Å².